The van der Waals surface area contributed by atoms with E-state index in [-0.39, 0.29) is 5.91 Å². The van der Waals surface area contributed by atoms with E-state index in [4.69, 9.17) is 4.74 Å². The first-order valence-corrected chi connectivity index (χ1v) is 7.33. The zero-order chi connectivity index (χ0) is 14.9. The van der Waals surface area contributed by atoms with Crippen molar-refractivity contribution in [3.05, 3.63) is 66.2 Å². The number of benzene rings is 2. The van der Waals surface area contributed by atoms with Crippen LogP contribution >= 0.6 is 0 Å². The second-order valence-corrected chi connectivity index (χ2v) is 4.90. The molecule has 0 heterocycles. The molecule has 0 fully saturated rings. The Kier molecular flexibility index (Phi) is 5.83. The van der Waals surface area contributed by atoms with Crippen molar-refractivity contribution in [2.24, 2.45) is 0 Å². The minimum atomic E-state index is -0.513. The Morgan fingerprint density at radius 2 is 1.67 bits per heavy atom. The first-order chi connectivity index (χ1) is 10.3. The van der Waals surface area contributed by atoms with Crippen LogP contribution in [-0.2, 0) is 11.2 Å². The topological polar surface area (TPSA) is 38.3 Å². The molecule has 0 aromatic heterocycles. The summed E-state index contributed by atoms with van der Waals surface area (Å²) in [6.45, 7) is 2.70. The van der Waals surface area contributed by atoms with Crippen LogP contribution in [0.25, 0.3) is 0 Å². The fraction of sp³-hybridized carbons (Fsp3) is 0.278. The summed E-state index contributed by atoms with van der Waals surface area (Å²) in [5.74, 6) is 0.648. The summed E-state index contributed by atoms with van der Waals surface area (Å²) in [7, 11) is 0. The van der Waals surface area contributed by atoms with Crippen molar-refractivity contribution in [2.45, 2.75) is 25.9 Å². The van der Waals surface area contributed by atoms with Gasteiger partial charge in [0.05, 0.1) is 0 Å². The van der Waals surface area contributed by atoms with Gasteiger partial charge in [0, 0.05) is 13.0 Å². The number of carbonyl (C=O) groups is 1. The lowest BCUT2D eigenvalue weighted by Crippen LogP contribution is -2.40. The summed E-state index contributed by atoms with van der Waals surface area (Å²) >= 11 is 0. The van der Waals surface area contributed by atoms with Crippen molar-refractivity contribution < 1.29 is 9.53 Å². The molecule has 1 amide bonds. The number of hydrogen-bond donors (Lipinski definition) is 1. The molecule has 0 saturated carbocycles. The highest BCUT2D eigenvalue weighted by Crippen LogP contribution is 2.14. The van der Waals surface area contributed by atoms with Crippen molar-refractivity contribution in [1.29, 1.82) is 0 Å². The second kappa shape index (κ2) is 8.10. The highest BCUT2D eigenvalue weighted by atomic mass is 16.5. The van der Waals surface area contributed by atoms with Crippen molar-refractivity contribution in [3.63, 3.8) is 0 Å². The summed E-state index contributed by atoms with van der Waals surface area (Å²) in [5, 5.41) is 2.91. The highest BCUT2D eigenvalue weighted by Gasteiger charge is 2.20. The Morgan fingerprint density at radius 1 is 1.05 bits per heavy atom. The molecule has 1 unspecified atom stereocenters. The molecule has 0 bridgehead atoms. The van der Waals surface area contributed by atoms with E-state index >= 15 is 0 Å². The molecule has 2 aromatic carbocycles. The predicted molar refractivity (Wildman–Crippen MR) is 84.3 cm³/mol. The minimum Gasteiger partial charge on any atom is -0.480 e. The van der Waals surface area contributed by atoms with Crippen LogP contribution in [-0.4, -0.2) is 18.6 Å². The molecule has 0 aliphatic rings. The Balaban J connectivity index is 2.08. The maximum absolute atomic E-state index is 12.3. The van der Waals surface area contributed by atoms with Crippen LogP contribution in [0, 0.1) is 0 Å². The third kappa shape index (κ3) is 4.95. The molecule has 21 heavy (non-hydrogen) atoms. The van der Waals surface area contributed by atoms with Crippen LogP contribution in [0.15, 0.2) is 60.7 Å². The van der Waals surface area contributed by atoms with E-state index < -0.39 is 6.10 Å². The molecular formula is C18H21NO2. The molecule has 0 saturated heterocycles. The lowest BCUT2D eigenvalue weighted by atomic mass is 10.1. The van der Waals surface area contributed by atoms with Crippen molar-refractivity contribution >= 4 is 5.91 Å². The lowest BCUT2D eigenvalue weighted by Gasteiger charge is -2.19. The van der Waals surface area contributed by atoms with E-state index in [1.165, 1.54) is 0 Å². The van der Waals surface area contributed by atoms with E-state index in [1.54, 1.807) is 0 Å². The summed E-state index contributed by atoms with van der Waals surface area (Å²) in [5.41, 5.74) is 1.09. The lowest BCUT2D eigenvalue weighted by molar-refractivity contribution is -0.127. The number of carbonyl (C=O) groups excluding carboxylic acids is 1. The van der Waals surface area contributed by atoms with E-state index in [0.717, 1.165) is 12.0 Å². The summed E-state index contributed by atoms with van der Waals surface area (Å²) in [4.78, 5) is 12.3. The molecule has 0 spiro atoms. The summed E-state index contributed by atoms with van der Waals surface area (Å²) in [6.07, 6.45) is 0.960. The predicted octanol–water partition coefficient (Wildman–Crippen LogP) is 3.20. The quantitative estimate of drug-likeness (QED) is 0.847. The van der Waals surface area contributed by atoms with Gasteiger partial charge in [-0.15, -0.1) is 0 Å². The van der Waals surface area contributed by atoms with Gasteiger partial charge in [0.15, 0.2) is 6.10 Å². The fourth-order valence-corrected chi connectivity index (χ4v) is 2.04. The van der Waals surface area contributed by atoms with Gasteiger partial charge in [0.25, 0.3) is 5.91 Å². The Labute approximate surface area is 126 Å². The van der Waals surface area contributed by atoms with Crippen molar-refractivity contribution in [2.75, 3.05) is 6.54 Å². The van der Waals surface area contributed by atoms with E-state index in [0.29, 0.717) is 18.7 Å². The minimum absolute atomic E-state index is 0.0652. The SMILES string of the molecule is CCCNC(=O)C(Cc1ccccc1)Oc1ccccc1. The van der Waals surface area contributed by atoms with Gasteiger partial charge >= 0.3 is 0 Å². The molecule has 2 rings (SSSR count). The smallest absolute Gasteiger partial charge is 0.261 e. The van der Waals surface area contributed by atoms with Gasteiger partial charge in [-0.2, -0.15) is 0 Å². The van der Waals surface area contributed by atoms with Crippen molar-refractivity contribution in [3.8, 4) is 5.75 Å². The van der Waals surface area contributed by atoms with Crippen LogP contribution < -0.4 is 10.1 Å². The number of hydrogen-bond acceptors (Lipinski definition) is 2. The maximum atomic E-state index is 12.3. The van der Waals surface area contributed by atoms with Gasteiger partial charge in [-0.3, -0.25) is 4.79 Å². The average molecular weight is 283 g/mol. The van der Waals surface area contributed by atoms with Crippen LogP contribution in [0.3, 0.4) is 0 Å². The van der Waals surface area contributed by atoms with Crippen molar-refractivity contribution in [1.82, 2.24) is 5.32 Å². The van der Waals surface area contributed by atoms with E-state index in [2.05, 4.69) is 5.32 Å². The fourth-order valence-electron chi connectivity index (χ4n) is 2.04. The molecule has 2 aromatic rings. The van der Waals surface area contributed by atoms with Gasteiger partial charge in [0.2, 0.25) is 0 Å². The Morgan fingerprint density at radius 3 is 2.29 bits per heavy atom. The van der Waals surface area contributed by atoms with Crippen LogP contribution in [0.2, 0.25) is 0 Å². The normalized spacial score (nSPS) is 11.7. The Hall–Kier alpha value is -2.29. The maximum Gasteiger partial charge on any atom is 0.261 e. The zero-order valence-electron chi connectivity index (χ0n) is 12.3. The Bertz CT molecular complexity index is 498. The summed E-state index contributed by atoms with van der Waals surface area (Å²) in [6, 6.07) is 19.4. The largest absolute Gasteiger partial charge is 0.480 e. The van der Waals surface area contributed by atoms with Crippen LogP contribution in [0.1, 0.15) is 18.9 Å². The summed E-state index contributed by atoms with van der Waals surface area (Å²) < 4.78 is 5.87. The first kappa shape index (κ1) is 15.1. The standard InChI is InChI=1S/C18H21NO2/c1-2-13-19-18(20)17(14-15-9-5-3-6-10-15)21-16-11-7-4-8-12-16/h3-12,17H,2,13-14H2,1H3,(H,19,20). The molecule has 1 atom stereocenters. The van der Waals surface area contributed by atoms with Crippen LogP contribution in [0.5, 0.6) is 5.75 Å². The van der Waals surface area contributed by atoms with Crippen LogP contribution in [0.4, 0.5) is 0 Å². The molecule has 0 radical (unpaired) electrons. The molecule has 0 aliphatic heterocycles. The van der Waals surface area contributed by atoms with E-state index in [9.17, 15) is 4.79 Å². The monoisotopic (exact) mass is 283 g/mol. The van der Waals surface area contributed by atoms with Gasteiger partial charge in [-0.25, -0.2) is 0 Å². The molecule has 3 nitrogen and oxygen atoms in total. The van der Waals surface area contributed by atoms with Gasteiger partial charge in [0.1, 0.15) is 5.75 Å². The molecule has 3 heteroatoms. The number of ether oxygens (including phenoxy) is 1. The third-order valence-corrected chi connectivity index (χ3v) is 3.13. The van der Waals surface area contributed by atoms with Gasteiger partial charge < -0.3 is 10.1 Å². The number of amides is 1. The van der Waals surface area contributed by atoms with Gasteiger partial charge in [-0.05, 0) is 24.1 Å². The van der Waals surface area contributed by atoms with Gasteiger partial charge in [-0.1, -0.05) is 55.5 Å². The number of para-hydroxylation sites is 1. The number of rotatable bonds is 7. The third-order valence-electron chi connectivity index (χ3n) is 3.13. The highest BCUT2D eigenvalue weighted by molar-refractivity contribution is 5.81. The van der Waals surface area contributed by atoms with E-state index in [1.807, 2.05) is 67.6 Å². The second-order valence-electron chi connectivity index (χ2n) is 4.90. The molecule has 0 aliphatic carbocycles. The first-order valence-electron chi connectivity index (χ1n) is 7.33. The number of nitrogens with one attached hydrogen (secondary N) is 1. The average Bonchev–Trinajstić information content (AvgIpc) is 2.54. The molecule has 1 N–H and O–H groups in total. The molecule has 110 valence electrons. The molecular weight excluding hydrogens is 262 g/mol. The zero-order valence-corrected chi connectivity index (χ0v) is 12.3.